The lowest BCUT2D eigenvalue weighted by molar-refractivity contribution is 0.0938. The van der Waals surface area contributed by atoms with Crippen LogP contribution in [0.25, 0.3) is 0 Å². The van der Waals surface area contributed by atoms with E-state index in [1.165, 1.54) is 12.0 Å². The molecule has 0 aromatic heterocycles. The van der Waals surface area contributed by atoms with Crippen LogP contribution in [0.2, 0.25) is 0 Å². The fourth-order valence-corrected chi connectivity index (χ4v) is 3.11. The number of carbonyl (C=O) groups is 1. The lowest BCUT2D eigenvalue weighted by Crippen LogP contribution is -2.30. The summed E-state index contributed by atoms with van der Waals surface area (Å²) < 4.78 is 0. The number of Topliss-reactive ketones (excluding diaryl/α,β-unsaturated/α-hetero) is 1. The number of carbonyl (C=O) groups excluding carboxylic acids is 1. The van der Waals surface area contributed by atoms with E-state index in [1.54, 1.807) is 0 Å². The molecule has 0 bridgehead atoms. The average Bonchev–Trinajstić information content (AvgIpc) is 2.96. The lowest BCUT2D eigenvalue weighted by Gasteiger charge is -2.24. The molecule has 21 heavy (non-hydrogen) atoms. The zero-order valence-corrected chi connectivity index (χ0v) is 12.2. The smallest absolute Gasteiger partial charge is 0.164 e. The summed E-state index contributed by atoms with van der Waals surface area (Å²) in [5, 5.41) is 0. The van der Waals surface area contributed by atoms with Gasteiger partial charge in [0.2, 0.25) is 0 Å². The van der Waals surface area contributed by atoms with Crippen LogP contribution in [-0.2, 0) is 6.54 Å². The first-order valence-electron chi connectivity index (χ1n) is 7.69. The zero-order valence-electron chi connectivity index (χ0n) is 12.2. The second-order valence-electron chi connectivity index (χ2n) is 5.75. The van der Waals surface area contributed by atoms with Gasteiger partial charge in [0, 0.05) is 24.6 Å². The van der Waals surface area contributed by atoms with Crippen molar-refractivity contribution in [3.63, 3.8) is 0 Å². The molecule has 2 nitrogen and oxygen atoms in total. The minimum Gasteiger partial charge on any atom is -0.296 e. The molecular weight excluding hydrogens is 258 g/mol. The standard InChI is InChI=1S/C19H21NO/c21-19(17-10-5-2-6-11-17)14-18-12-7-13-20(18)15-16-8-3-1-4-9-16/h1-6,8-11,18H,7,12-15H2/t18-/m0/s1. The van der Waals surface area contributed by atoms with E-state index in [9.17, 15) is 4.79 Å². The zero-order chi connectivity index (χ0) is 14.5. The van der Waals surface area contributed by atoms with Gasteiger partial charge in [-0.15, -0.1) is 0 Å². The number of nitrogens with zero attached hydrogens (tertiary/aromatic N) is 1. The summed E-state index contributed by atoms with van der Waals surface area (Å²) in [5.74, 6) is 0.264. The number of likely N-dealkylation sites (tertiary alicyclic amines) is 1. The molecule has 3 rings (SSSR count). The summed E-state index contributed by atoms with van der Waals surface area (Å²) in [4.78, 5) is 14.8. The quantitative estimate of drug-likeness (QED) is 0.773. The van der Waals surface area contributed by atoms with Crippen molar-refractivity contribution in [3.8, 4) is 0 Å². The molecule has 1 atom stereocenters. The summed E-state index contributed by atoms with van der Waals surface area (Å²) in [7, 11) is 0. The van der Waals surface area contributed by atoms with Crippen molar-refractivity contribution in [3.05, 3.63) is 71.8 Å². The monoisotopic (exact) mass is 279 g/mol. The van der Waals surface area contributed by atoms with Gasteiger partial charge < -0.3 is 0 Å². The van der Waals surface area contributed by atoms with Crippen LogP contribution in [0.4, 0.5) is 0 Å². The first kappa shape index (κ1) is 14.0. The number of hydrogen-bond donors (Lipinski definition) is 0. The van der Waals surface area contributed by atoms with E-state index < -0.39 is 0 Å². The molecule has 0 N–H and O–H groups in total. The first-order chi connectivity index (χ1) is 10.3. The number of rotatable bonds is 5. The van der Waals surface area contributed by atoms with Gasteiger partial charge in [-0.2, -0.15) is 0 Å². The molecular formula is C19H21NO. The molecule has 0 amide bonds. The Morgan fingerprint density at radius 2 is 1.67 bits per heavy atom. The Bertz CT molecular complexity index is 579. The second-order valence-corrected chi connectivity index (χ2v) is 5.75. The highest BCUT2D eigenvalue weighted by Gasteiger charge is 2.26. The third-order valence-corrected chi connectivity index (χ3v) is 4.24. The number of hydrogen-bond acceptors (Lipinski definition) is 2. The SMILES string of the molecule is O=C(C[C@@H]1CCCN1Cc1ccccc1)c1ccccc1. The van der Waals surface area contributed by atoms with Crippen molar-refractivity contribution in [1.82, 2.24) is 4.90 Å². The normalized spacial score (nSPS) is 18.8. The van der Waals surface area contributed by atoms with Crippen molar-refractivity contribution < 1.29 is 4.79 Å². The topological polar surface area (TPSA) is 20.3 Å². The Morgan fingerprint density at radius 1 is 1.00 bits per heavy atom. The highest BCUT2D eigenvalue weighted by Crippen LogP contribution is 2.23. The lowest BCUT2D eigenvalue weighted by atomic mass is 10.0. The van der Waals surface area contributed by atoms with Crippen molar-refractivity contribution in [1.29, 1.82) is 0 Å². The van der Waals surface area contributed by atoms with Crippen LogP contribution in [0.3, 0.4) is 0 Å². The van der Waals surface area contributed by atoms with E-state index in [4.69, 9.17) is 0 Å². The predicted octanol–water partition coefficient (Wildman–Crippen LogP) is 3.92. The van der Waals surface area contributed by atoms with Crippen molar-refractivity contribution >= 4 is 5.78 Å². The molecule has 1 aliphatic rings. The molecule has 108 valence electrons. The Balaban J connectivity index is 1.63. The first-order valence-corrected chi connectivity index (χ1v) is 7.69. The van der Waals surface area contributed by atoms with Crippen LogP contribution in [0.15, 0.2) is 60.7 Å². The van der Waals surface area contributed by atoms with Crippen molar-refractivity contribution in [2.45, 2.75) is 31.8 Å². The molecule has 2 aromatic carbocycles. The van der Waals surface area contributed by atoms with Crippen molar-refractivity contribution in [2.75, 3.05) is 6.54 Å². The number of benzene rings is 2. The predicted molar refractivity (Wildman–Crippen MR) is 85.3 cm³/mol. The van der Waals surface area contributed by atoms with Gasteiger partial charge in [0.1, 0.15) is 0 Å². The van der Waals surface area contributed by atoms with Gasteiger partial charge in [0.05, 0.1) is 0 Å². The Morgan fingerprint density at radius 3 is 2.38 bits per heavy atom. The third-order valence-electron chi connectivity index (χ3n) is 4.24. The van der Waals surface area contributed by atoms with Crippen LogP contribution >= 0.6 is 0 Å². The van der Waals surface area contributed by atoms with E-state index in [1.807, 2.05) is 36.4 Å². The van der Waals surface area contributed by atoms with E-state index in [0.717, 1.165) is 25.1 Å². The molecule has 1 saturated heterocycles. The minimum atomic E-state index is 0.264. The Kier molecular flexibility index (Phi) is 4.46. The maximum Gasteiger partial charge on any atom is 0.164 e. The summed E-state index contributed by atoms with van der Waals surface area (Å²) in [5.41, 5.74) is 2.17. The van der Waals surface area contributed by atoms with E-state index in [-0.39, 0.29) is 5.78 Å². The summed E-state index contributed by atoms with van der Waals surface area (Å²) in [6.45, 7) is 2.05. The average molecular weight is 279 g/mol. The van der Waals surface area contributed by atoms with E-state index >= 15 is 0 Å². The largest absolute Gasteiger partial charge is 0.296 e. The molecule has 0 unspecified atom stereocenters. The third kappa shape index (κ3) is 3.59. The molecule has 2 heteroatoms. The summed E-state index contributed by atoms with van der Waals surface area (Å²) in [6, 6.07) is 20.6. The molecule has 0 saturated carbocycles. The van der Waals surface area contributed by atoms with Crippen LogP contribution in [-0.4, -0.2) is 23.3 Å². The fraction of sp³-hybridized carbons (Fsp3) is 0.316. The van der Waals surface area contributed by atoms with Gasteiger partial charge in [0.15, 0.2) is 5.78 Å². The van der Waals surface area contributed by atoms with Crippen LogP contribution in [0.5, 0.6) is 0 Å². The highest BCUT2D eigenvalue weighted by atomic mass is 16.1. The van der Waals surface area contributed by atoms with Crippen molar-refractivity contribution in [2.24, 2.45) is 0 Å². The summed E-state index contributed by atoms with van der Waals surface area (Å²) in [6.07, 6.45) is 2.96. The van der Waals surface area contributed by atoms with E-state index in [2.05, 4.69) is 29.2 Å². The molecule has 0 radical (unpaired) electrons. The fourth-order valence-electron chi connectivity index (χ4n) is 3.11. The Labute approximate surface area is 126 Å². The second kappa shape index (κ2) is 6.68. The van der Waals surface area contributed by atoms with Gasteiger partial charge in [-0.05, 0) is 24.9 Å². The molecule has 0 aliphatic carbocycles. The molecule has 2 aromatic rings. The molecule has 1 aliphatic heterocycles. The van der Waals surface area contributed by atoms with E-state index in [0.29, 0.717) is 12.5 Å². The van der Waals surface area contributed by atoms with Gasteiger partial charge >= 0.3 is 0 Å². The molecule has 1 heterocycles. The van der Waals surface area contributed by atoms with Gasteiger partial charge in [-0.1, -0.05) is 60.7 Å². The molecule has 0 spiro atoms. The van der Waals surface area contributed by atoms with Crippen LogP contribution in [0, 0.1) is 0 Å². The molecule has 1 fully saturated rings. The van der Waals surface area contributed by atoms with Crippen LogP contribution < -0.4 is 0 Å². The minimum absolute atomic E-state index is 0.264. The maximum absolute atomic E-state index is 12.4. The summed E-state index contributed by atoms with van der Waals surface area (Å²) >= 11 is 0. The van der Waals surface area contributed by atoms with Gasteiger partial charge in [-0.25, -0.2) is 0 Å². The number of ketones is 1. The van der Waals surface area contributed by atoms with Crippen LogP contribution in [0.1, 0.15) is 35.2 Å². The highest BCUT2D eigenvalue weighted by molar-refractivity contribution is 5.96. The maximum atomic E-state index is 12.4. The van der Waals surface area contributed by atoms with Gasteiger partial charge in [0.25, 0.3) is 0 Å². The Hall–Kier alpha value is -1.93. The van der Waals surface area contributed by atoms with Gasteiger partial charge in [-0.3, -0.25) is 9.69 Å².